The third-order valence-electron chi connectivity index (χ3n) is 3.73. The lowest BCUT2D eigenvalue weighted by atomic mass is 10.2. The maximum Gasteiger partial charge on any atom is 0.260 e. The molecule has 1 fully saturated rings. The summed E-state index contributed by atoms with van der Waals surface area (Å²) < 4.78 is 5.52. The zero-order chi connectivity index (χ0) is 16.8. The first-order chi connectivity index (χ1) is 11.0. The van der Waals surface area contributed by atoms with E-state index in [1.165, 1.54) is 4.90 Å². The lowest BCUT2D eigenvalue weighted by Gasteiger charge is -2.34. The molecule has 2 amide bonds. The number of hydrogen-bond donors (Lipinski definition) is 0. The smallest absolute Gasteiger partial charge is 0.260 e. The van der Waals surface area contributed by atoms with Gasteiger partial charge in [-0.2, -0.15) is 0 Å². The number of nitrogens with zero attached hydrogens (tertiary/aromatic N) is 2. The third kappa shape index (κ3) is 4.70. The summed E-state index contributed by atoms with van der Waals surface area (Å²) in [6.07, 6.45) is -0.621. The number of piperazine rings is 1. The first-order valence-corrected chi connectivity index (χ1v) is 7.41. The van der Waals surface area contributed by atoms with Gasteiger partial charge in [0.05, 0.1) is 12.4 Å². The van der Waals surface area contributed by atoms with Crippen LogP contribution in [0, 0.1) is 6.92 Å². The van der Waals surface area contributed by atoms with Crippen LogP contribution in [0.5, 0.6) is 5.75 Å². The average molecular weight is 319 g/mol. The first kappa shape index (κ1) is 16.8. The van der Waals surface area contributed by atoms with Crippen LogP contribution in [0.1, 0.15) is 12.0 Å². The van der Waals surface area contributed by atoms with Gasteiger partial charge in [0.15, 0.2) is 6.61 Å². The molecule has 124 valence electrons. The molecule has 1 aliphatic rings. The van der Waals surface area contributed by atoms with Crippen molar-refractivity contribution < 1.29 is 24.2 Å². The van der Waals surface area contributed by atoms with Gasteiger partial charge in [-0.05, 0) is 18.6 Å². The van der Waals surface area contributed by atoms with Crippen molar-refractivity contribution in [2.45, 2.75) is 13.3 Å². The summed E-state index contributed by atoms with van der Waals surface area (Å²) in [5.41, 5.74) is 0.956. The van der Waals surface area contributed by atoms with Crippen LogP contribution in [0.15, 0.2) is 24.3 Å². The molecule has 7 heteroatoms. The van der Waals surface area contributed by atoms with Gasteiger partial charge < -0.3 is 24.4 Å². The van der Waals surface area contributed by atoms with Gasteiger partial charge >= 0.3 is 0 Å². The Morgan fingerprint density at radius 3 is 2.17 bits per heavy atom. The number of amides is 2. The van der Waals surface area contributed by atoms with Gasteiger partial charge in [0.1, 0.15) is 5.75 Å². The molecule has 0 spiro atoms. The minimum atomic E-state index is -1.39. The highest BCUT2D eigenvalue weighted by Gasteiger charge is 2.24. The van der Waals surface area contributed by atoms with Crippen LogP contribution in [-0.2, 0) is 14.4 Å². The minimum absolute atomic E-state index is 0.0577. The van der Waals surface area contributed by atoms with Crippen LogP contribution >= 0.6 is 0 Å². The number of benzene rings is 1. The second-order valence-electron chi connectivity index (χ2n) is 5.36. The normalized spacial score (nSPS) is 14.5. The summed E-state index contributed by atoms with van der Waals surface area (Å²) in [5, 5.41) is 10.4. The monoisotopic (exact) mass is 319 g/mol. The fraction of sp³-hybridized carbons (Fsp3) is 0.438. The number of rotatable bonds is 5. The SMILES string of the molecule is Cc1ccccc1OCC(=O)N1CCN(C(=O)CC(=O)[O-])CC1. The second kappa shape index (κ2) is 7.62. The minimum Gasteiger partial charge on any atom is -0.550 e. The van der Waals surface area contributed by atoms with Crippen molar-refractivity contribution in [2.24, 2.45) is 0 Å². The molecule has 0 atom stereocenters. The molecule has 0 bridgehead atoms. The molecule has 1 saturated heterocycles. The van der Waals surface area contributed by atoms with E-state index in [-0.39, 0.29) is 12.5 Å². The second-order valence-corrected chi connectivity index (χ2v) is 5.36. The molecule has 0 saturated carbocycles. The summed E-state index contributed by atoms with van der Waals surface area (Å²) in [6.45, 7) is 3.23. The quantitative estimate of drug-likeness (QED) is 0.662. The van der Waals surface area contributed by atoms with E-state index in [2.05, 4.69) is 0 Å². The molecule has 1 aromatic rings. The van der Waals surface area contributed by atoms with Gasteiger partial charge in [-0.15, -0.1) is 0 Å². The summed E-state index contributed by atoms with van der Waals surface area (Å²) in [7, 11) is 0. The molecule has 23 heavy (non-hydrogen) atoms. The Kier molecular flexibility index (Phi) is 5.56. The Morgan fingerprint density at radius 1 is 1.04 bits per heavy atom. The van der Waals surface area contributed by atoms with Crippen molar-refractivity contribution >= 4 is 17.8 Å². The standard InChI is InChI=1S/C16H20N2O5/c1-12-4-2-3-5-13(12)23-11-15(20)18-8-6-17(7-9-18)14(19)10-16(21)22/h2-5H,6-11H2,1H3,(H,21,22)/p-1. The van der Waals surface area contributed by atoms with Crippen LogP contribution in [0.25, 0.3) is 0 Å². The van der Waals surface area contributed by atoms with E-state index in [9.17, 15) is 19.5 Å². The highest BCUT2D eigenvalue weighted by atomic mass is 16.5. The van der Waals surface area contributed by atoms with Gasteiger partial charge in [0.25, 0.3) is 5.91 Å². The number of aryl methyl sites for hydroxylation is 1. The summed E-state index contributed by atoms with van der Waals surface area (Å²) in [6, 6.07) is 7.45. The topological polar surface area (TPSA) is 90.0 Å². The highest BCUT2D eigenvalue weighted by molar-refractivity contribution is 5.92. The summed E-state index contributed by atoms with van der Waals surface area (Å²) >= 11 is 0. The van der Waals surface area contributed by atoms with Crippen molar-refractivity contribution in [3.63, 3.8) is 0 Å². The third-order valence-corrected chi connectivity index (χ3v) is 3.73. The van der Waals surface area contributed by atoms with Gasteiger partial charge in [0.2, 0.25) is 5.91 Å². The lowest BCUT2D eigenvalue weighted by molar-refractivity contribution is -0.304. The maximum absolute atomic E-state index is 12.1. The summed E-state index contributed by atoms with van der Waals surface area (Å²) in [5.74, 6) is -1.35. The Labute approximate surface area is 134 Å². The van der Waals surface area contributed by atoms with E-state index in [0.29, 0.717) is 31.9 Å². The fourth-order valence-electron chi connectivity index (χ4n) is 2.39. The molecule has 1 heterocycles. The number of hydrogen-bond acceptors (Lipinski definition) is 5. The number of carbonyl (C=O) groups is 3. The first-order valence-electron chi connectivity index (χ1n) is 7.41. The molecular weight excluding hydrogens is 300 g/mol. The van der Waals surface area contributed by atoms with Crippen molar-refractivity contribution in [3.05, 3.63) is 29.8 Å². The van der Waals surface area contributed by atoms with Crippen LogP contribution < -0.4 is 9.84 Å². The molecule has 2 rings (SSSR count). The van der Waals surface area contributed by atoms with Crippen LogP contribution in [0.3, 0.4) is 0 Å². The fourth-order valence-corrected chi connectivity index (χ4v) is 2.39. The zero-order valence-corrected chi connectivity index (χ0v) is 13.0. The predicted molar refractivity (Wildman–Crippen MR) is 79.5 cm³/mol. The molecule has 0 aliphatic carbocycles. The van der Waals surface area contributed by atoms with Gasteiger partial charge in [-0.1, -0.05) is 18.2 Å². The summed E-state index contributed by atoms with van der Waals surface area (Å²) in [4.78, 5) is 37.2. The molecule has 1 aromatic carbocycles. The van der Waals surface area contributed by atoms with E-state index >= 15 is 0 Å². The predicted octanol–water partition coefficient (Wildman–Crippen LogP) is -0.815. The molecular formula is C16H19N2O5-. The molecule has 0 N–H and O–H groups in total. The number of carboxylic acids is 1. The van der Waals surface area contributed by atoms with E-state index < -0.39 is 18.3 Å². The van der Waals surface area contributed by atoms with Crippen LogP contribution in [-0.4, -0.2) is 60.4 Å². The largest absolute Gasteiger partial charge is 0.550 e. The number of aliphatic carboxylic acids is 1. The highest BCUT2D eigenvalue weighted by Crippen LogP contribution is 2.16. The Morgan fingerprint density at radius 2 is 1.61 bits per heavy atom. The lowest BCUT2D eigenvalue weighted by Crippen LogP contribution is -2.52. The Hall–Kier alpha value is -2.57. The number of carbonyl (C=O) groups excluding carboxylic acids is 3. The Balaban J connectivity index is 1.78. The zero-order valence-electron chi connectivity index (χ0n) is 13.0. The van der Waals surface area contributed by atoms with Crippen molar-refractivity contribution in [2.75, 3.05) is 32.8 Å². The van der Waals surface area contributed by atoms with Crippen molar-refractivity contribution in [1.82, 2.24) is 9.80 Å². The van der Waals surface area contributed by atoms with Gasteiger partial charge in [-0.25, -0.2) is 0 Å². The van der Waals surface area contributed by atoms with E-state index in [1.807, 2.05) is 25.1 Å². The van der Waals surface area contributed by atoms with Crippen molar-refractivity contribution in [3.8, 4) is 5.75 Å². The number of para-hydroxylation sites is 1. The van der Waals surface area contributed by atoms with E-state index in [1.54, 1.807) is 11.0 Å². The van der Waals surface area contributed by atoms with Gasteiger partial charge in [-0.3, -0.25) is 9.59 Å². The molecule has 1 aliphatic heterocycles. The number of ether oxygens (including phenoxy) is 1. The molecule has 0 aromatic heterocycles. The number of carboxylic acid groups (broad SMARTS) is 1. The van der Waals surface area contributed by atoms with Crippen molar-refractivity contribution in [1.29, 1.82) is 0 Å². The van der Waals surface area contributed by atoms with Crippen LogP contribution in [0.2, 0.25) is 0 Å². The molecule has 7 nitrogen and oxygen atoms in total. The maximum atomic E-state index is 12.1. The average Bonchev–Trinajstić information content (AvgIpc) is 2.53. The molecule has 0 unspecified atom stereocenters. The molecule has 0 radical (unpaired) electrons. The van der Waals surface area contributed by atoms with E-state index in [4.69, 9.17) is 4.74 Å². The van der Waals surface area contributed by atoms with Gasteiger partial charge in [0, 0.05) is 26.2 Å². The Bertz CT molecular complexity index is 594. The van der Waals surface area contributed by atoms with E-state index in [0.717, 1.165) is 5.56 Å². The van der Waals surface area contributed by atoms with Crippen LogP contribution in [0.4, 0.5) is 0 Å².